The van der Waals surface area contributed by atoms with Crippen LogP contribution in [0.15, 0.2) is 51.8 Å². The van der Waals surface area contributed by atoms with Gasteiger partial charge in [0.05, 0.1) is 18.8 Å². The number of fused-ring (bicyclic) bond motifs is 3. The first kappa shape index (κ1) is 20.4. The lowest BCUT2D eigenvalue weighted by Gasteiger charge is -2.29. The summed E-state index contributed by atoms with van der Waals surface area (Å²) in [5.74, 6) is 0.931. The second-order valence-electron chi connectivity index (χ2n) is 7.56. The van der Waals surface area contributed by atoms with Gasteiger partial charge in [0.15, 0.2) is 0 Å². The quantitative estimate of drug-likeness (QED) is 0.804. The number of nitrogens with one attached hydrogen (secondary N) is 1. The molecule has 0 aromatic heterocycles. The zero-order valence-corrected chi connectivity index (χ0v) is 17.9. The van der Waals surface area contributed by atoms with E-state index in [0.717, 1.165) is 31.4 Å². The second kappa shape index (κ2) is 8.10. The van der Waals surface area contributed by atoms with E-state index < -0.39 is 10.0 Å². The van der Waals surface area contributed by atoms with Crippen molar-refractivity contribution < 1.29 is 17.9 Å². The van der Waals surface area contributed by atoms with Crippen LogP contribution in [0.4, 0.5) is 5.69 Å². The van der Waals surface area contributed by atoms with Gasteiger partial charge in [-0.05, 0) is 44.0 Å². The van der Waals surface area contributed by atoms with Crippen molar-refractivity contribution >= 4 is 27.5 Å². The van der Waals surface area contributed by atoms with Gasteiger partial charge in [0.2, 0.25) is 0 Å². The average Bonchev–Trinajstić information content (AvgIpc) is 2.98. The Morgan fingerprint density at radius 3 is 2.77 bits per heavy atom. The normalized spacial score (nSPS) is 18.3. The zero-order chi connectivity index (χ0) is 21.3. The Bertz CT molecular complexity index is 1110. The molecule has 1 atom stereocenters. The molecule has 30 heavy (non-hydrogen) atoms. The summed E-state index contributed by atoms with van der Waals surface area (Å²) >= 11 is 0. The van der Waals surface area contributed by atoms with Gasteiger partial charge in [0.1, 0.15) is 16.5 Å². The monoisotopic (exact) mass is 427 g/mol. The fourth-order valence-corrected chi connectivity index (χ4v) is 5.29. The molecule has 0 aliphatic carbocycles. The first-order valence-electron chi connectivity index (χ1n) is 10.1. The van der Waals surface area contributed by atoms with Gasteiger partial charge in [-0.3, -0.25) is 4.79 Å². The fourth-order valence-electron chi connectivity index (χ4n) is 4.00. The number of rotatable bonds is 4. The van der Waals surface area contributed by atoms with Gasteiger partial charge in [0.25, 0.3) is 15.9 Å². The minimum absolute atomic E-state index is 0.0887. The van der Waals surface area contributed by atoms with Crippen LogP contribution >= 0.6 is 0 Å². The predicted octanol–water partition coefficient (Wildman–Crippen LogP) is 3.67. The van der Waals surface area contributed by atoms with E-state index in [9.17, 15) is 13.2 Å². The lowest BCUT2D eigenvalue weighted by Crippen LogP contribution is -2.35. The first-order valence-corrected chi connectivity index (χ1v) is 11.5. The molecule has 0 radical (unpaired) electrons. The number of sulfonamides is 1. The number of anilines is 1. The maximum Gasteiger partial charge on any atom is 0.286 e. The zero-order valence-electron chi connectivity index (χ0n) is 17.1. The Hall–Kier alpha value is -2.87. The molecule has 2 aromatic carbocycles. The molecule has 2 aromatic rings. The molecule has 1 N–H and O–H groups in total. The smallest absolute Gasteiger partial charge is 0.286 e. The molecule has 1 saturated heterocycles. The van der Waals surface area contributed by atoms with Crippen LogP contribution in [-0.2, 0) is 10.0 Å². The summed E-state index contributed by atoms with van der Waals surface area (Å²) in [6, 6.07) is 12.0. The summed E-state index contributed by atoms with van der Waals surface area (Å²) in [6.07, 6.45) is 3.61. The van der Waals surface area contributed by atoms with Gasteiger partial charge in [-0.25, -0.2) is 0 Å². The number of nitrogens with zero attached hydrogens (tertiary/aromatic N) is 2. The molecular weight excluding hydrogens is 402 g/mol. The van der Waals surface area contributed by atoms with Gasteiger partial charge < -0.3 is 15.0 Å². The first-order chi connectivity index (χ1) is 14.4. The van der Waals surface area contributed by atoms with Crippen LogP contribution in [0.3, 0.4) is 0 Å². The summed E-state index contributed by atoms with van der Waals surface area (Å²) in [5, 5.41) is 2.92. The molecule has 8 heteroatoms. The van der Waals surface area contributed by atoms with Gasteiger partial charge in [-0.2, -0.15) is 8.42 Å². The summed E-state index contributed by atoms with van der Waals surface area (Å²) in [6.45, 7) is 2.59. The number of carbonyl (C=O) groups is 1. The van der Waals surface area contributed by atoms with E-state index >= 15 is 0 Å². The van der Waals surface area contributed by atoms with Crippen LogP contribution < -0.4 is 15.0 Å². The number of benzene rings is 2. The molecule has 4 rings (SSSR count). The van der Waals surface area contributed by atoms with Gasteiger partial charge in [-0.1, -0.05) is 24.6 Å². The van der Waals surface area contributed by atoms with Crippen molar-refractivity contribution in [2.24, 2.45) is 4.40 Å². The van der Waals surface area contributed by atoms with Crippen molar-refractivity contribution in [3.63, 3.8) is 0 Å². The molecule has 0 spiro atoms. The molecule has 2 aliphatic heterocycles. The number of para-hydroxylation sites is 1. The average molecular weight is 428 g/mol. The lowest BCUT2D eigenvalue weighted by molar-refractivity contribution is 0.0939. The Balaban J connectivity index is 1.63. The van der Waals surface area contributed by atoms with E-state index in [1.54, 1.807) is 19.2 Å². The number of hydrogen-bond donors (Lipinski definition) is 1. The Morgan fingerprint density at radius 2 is 1.97 bits per heavy atom. The summed E-state index contributed by atoms with van der Waals surface area (Å²) in [7, 11) is -2.25. The maximum absolute atomic E-state index is 12.9. The molecular formula is C22H25N3O4S. The van der Waals surface area contributed by atoms with Crippen molar-refractivity contribution in [1.82, 2.24) is 5.32 Å². The highest BCUT2D eigenvalue weighted by atomic mass is 32.2. The van der Waals surface area contributed by atoms with Crippen molar-refractivity contribution in [3.8, 4) is 5.75 Å². The van der Waals surface area contributed by atoms with Crippen LogP contribution in [0.5, 0.6) is 5.75 Å². The largest absolute Gasteiger partial charge is 0.496 e. The number of methoxy groups -OCH3 is 1. The number of ether oxygens (including phenoxy) is 1. The molecule has 1 amide bonds. The van der Waals surface area contributed by atoms with Gasteiger partial charge in [0, 0.05) is 24.1 Å². The van der Waals surface area contributed by atoms with E-state index in [1.807, 2.05) is 36.1 Å². The maximum atomic E-state index is 12.9. The molecule has 0 saturated carbocycles. The number of hydrogen-bond acceptors (Lipinski definition) is 5. The summed E-state index contributed by atoms with van der Waals surface area (Å²) in [4.78, 5) is 14.9. The van der Waals surface area contributed by atoms with Crippen molar-refractivity contribution in [1.29, 1.82) is 0 Å². The topological polar surface area (TPSA) is 88.1 Å². The van der Waals surface area contributed by atoms with Gasteiger partial charge in [-0.15, -0.1) is 4.40 Å². The molecule has 7 nitrogen and oxygen atoms in total. The molecule has 0 bridgehead atoms. The highest BCUT2D eigenvalue weighted by molar-refractivity contribution is 7.90. The van der Waals surface area contributed by atoms with E-state index in [1.165, 1.54) is 6.07 Å². The van der Waals surface area contributed by atoms with E-state index in [4.69, 9.17) is 4.74 Å². The van der Waals surface area contributed by atoms with Crippen LogP contribution in [0.25, 0.3) is 0 Å². The SMILES string of the molecule is COc1ccccc1[C@@H](C)NC(=O)c1ccc2c(c1)S(=O)(=O)N=C1CCCCCN12. The molecule has 2 aliphatic rings. The molecule has 158 valence electrons. The third kappa shape index (κ3) is 3.79. The minimum atomic E-state index is -3.83. The standard InChI is InChI=1S/C22H25N3O4S/c1-15(17-8-5-6-9-19(17)29-2)23-22(26)16-11-12-18-20(14-16)30(27,28)24-21-10-4-3-7-13-25(18)21/h5-6,8-9,11-12,14-15H,3-4,7,10,13H2,1-2H3,(H,23,26)/t15-/m1/s1. The minimum Gasteiger partial charge on any atom is -0.496 e. The van der Waals surface area contributed by atoms with Crippen molar-refractivity contribution in [3.05, 3.63) is 53.6 Å². The van der Waals surface area contributed by atoms with E-state index in [-0.39, 0.29) is 22.4 Å². The van der Waals surface area contributed by atoms with Crippen LogP contribution in [0.2, 0.25) is 0 Å². The molecule has 2 heterocycles. The van der Waals surface area contributed by atoms with Crippen LogP contribution in [-0.4, -0.2) is 33.8 Å². The summed E-state index contributed by atoms with van der Waals surface area (Å²) < 4.78 is 35.0. The van der Waals surface area contributed by atoms with E-state index in [2.05, 4.69) is 9.71 Å². The number of amidine groups is 1. The predicted molar refractivity (Wildman–Crippen MR) is 116 cm³/mol. The number of carbonyl (C=O) groups excluding carboxylic acids is 1. The van der Waals surface area contributed by atoms with Crippen LogP contribution in [0, 0.1) is 0 Å². The molecule has 1 fully saturated rings. The van der Waals surface area contributed by atoms with Gasteiger partial charge >= 0.3 is 0 Å². The summed E-state index contributed by atoms with van der Waals surface area (Å²) in [5.41, 5.74) is 1.74. The van der Waals surface area contributed by atoms with Crippen molar-refractivity contribution in [2.75, 3.05) is 18.6 Å². The van der Waals surface area contributed by atoms with E-state index in [0.29, 0.717) is 23.7 Å². The second-order valence-corrected chi connectivity index (χ2v) is 9.14. The number of amides is 1. The Labute approximate surface area is 176 Å². The lowest BCUT2D eigenvalue weighted by atomic mass is 10.1. The van der Waals surface area contributed by atoms with Crippen molar-refractivity contribution in [2.45, 2.75) is 43.5 Å². The third-order valence-electron chi connectivity index (χ3n) is 5.56. The Kier molecular flexibility index (Phi) is 5.51. The fraction of sp³-hybridized carbons (Fsp3) is 0.364. The highest BCUT2D eigenvalue weighted by Gasteiger charge is 2.32. The highest BCUT2D eigenvalue weighted by Crippen LogP contribution is 2.35. The van der Waals surface area contributed by atoms with Crippen LogP contribution in [0.1, 0.15) is 54.6 Å². The Morgan fingerprint density at radius 1 is 1.17 bits per heavy atom. The third-order valence-corrected chi connectivity index (χ3v) is 6.90. The molecule has 0 unspecified atom stereocenters.